The predicted molar refractivity (Wildman–Crippen MR) is 120 cm³/mol. The van der Waals surface area contributed by atoms with Crippen LogP contribution in [-0.4, -0.2) is 82.7 Å². The summed E-state index contributed by atoms with van der Waals surface area (Å²) < 4.78 is 32.3. The fourth-order valence-electron chi connectivity index (χ4n) is 3.27. The van der Waals surface area contributed by atoms with Crippen molar-refractivity contribution >= 4 is 21.9 Å². The number of sulfonamides is 1. The van der Waals surface area contributed by atoms with Crippen LogP contribution in [0.3, 0.4) is 0 Å². The minimum atomic E-state index is -3.57. The highest BCUT2D eigenvalue weighted by Gasteiger charge is 2.21. The Labute approximate surface area is 183 Å². The maximum Gasteiger partial charge on any atom is 0.240 e. The molecule has 0 atom stereocenters. The van der Waals surface area contributed by atoms with Gasteiger partial charge in [0.05, 0.1) is 11.5 Å². The van der Waals surface area contributed by atoms with Crippen molar-refractivity contribution < 1.29 is 13.2 Å². The van der Waals surface area contributed by atoms with Gasteiger partial charge in [0.15, 0.2) is 5.96 Å². The number of benzene rings is 1. The zero-order chi connectivity index (χ0) is 22.1. The maximum atomic E-state index is 12.4. The van der Waals surface area contributed by atoms with Gasteiger partial charge in [-0.1, -0.05) is 12.1 Å². The predicted octanol–water partition coefficient (Wildman–Crippen LogP) is 0.299. The van der Waals surface area contributed by atoms with Gasteiger partial charge in [-0.2, -0.15) is 0 Å². The maximum absolute atomic E-state index is 12.4. The summed E-state index contributed by atoms with van der Waals surface area (Å²) in [4.78, 5) is 17.6. The molecule has 11 heteroatoms. The van der Waals surface area contributed by atoms with E-state index < -0.39 is 10.0 Å². The van der Waals surface area contributed by atoms with Crippen LogP contribution in [0.2, 0.25) is 0 Å². The van der Waals surface area contributed by atoms with Crippen LogP contribution in [0.1, 0.15) is 5.56 Å². The molecule has 0 unspecified atom stereocenters. The van der Waals surface area contributed by atoms with Crippen LogP contribution in [-0.2, 0) is 21.3 Å². The number of anilines is 1. The minimum Gasteiger partial charge on any atom is -0.383 e. The Bertz CT molecular complexity index is 962. The number of hydrogen-bond acceptors (Lipinski definition) is 7. The van der Waals surface area contributed by atoms with Crippen LogP contribution in [0, 0.1) is 0 Å². The molecule has 1 aliphatic heterocycles. The summed E-state index contributed by atoms with van der Waals surface area (Å²) in [5, 5.41) is 3.33. The SMILES string of the molecule is CN=C(NCc1cccc(S(=O)(=O)NCCOC)c1)N1CCN(c2ncccn2)CC1. The molecule has 2 aromatic rings. The number of piperazine rings is 1. The fourth-order valence-corrected chi connectivity index (χ4v) is 4.35. The molecule has 1 aromatic heterocycles. The lowest BCUT2D eigenvalue weighted by Crippen LogP contribution is -2.52. The van der Waals surface area contributed by atoms with E-state index in [1.54, 1.807) is 43.7 Å². The van der Waals surface area contributed by atoms with Crippen molar-refractivity contribution in [2.24, 2.45) is 4.99 Å². The van der Waals surface area contributed by atoms with Gasteiger partial charge in [0.2, 0.25) is 16.0 Å². The van der Waals surface area contributed by atoms with E-state index in [4.69, 9.17) is 4.74 Å². The molecule has 1 fully saturated rings. The number of aromatic nitrogens is 2. The molecule has 2 N–H and O–H groups in total. The Hall–Kier alpha value is -2.76. The molecule has 1 saturated heterocycles. The molecule has 0 radical (unpaired) electrons. The van der Waals surface area contributed by atoms with Gasteiger partial charge in [-0.25, -0.2) is 23.1 Å². The van der Waals surface area contributed by atoms with Gasteiger partial charge in [-0.3, -0.25) is 4.99 Å². The molecule has 0 aliphatic carbocycles. The molecular formula is C20H29N7O3S. The van der Waals surface area contributed by atoms with Gasteiger partial charge >= 0.3 is 0 Å². The first-order chi connectivity index (χ1) is 15.0. The Kier molecular flexibility index (Phi) is 8.15. The summed E-state index contributed by atoms with van der Waals surface area (Å²) in [5.74, 6) is 1.52. The Balaban J connectivity index is 1.55. The Morgan fingerprint density at radius 2 is 1.90 bits per heavy atom. The molecule has 0 bridgehead atoms. The molecule has 1 aliphatic rings. The molecule has 2 heterocycles. The number of rotatable bonds is 8. The zero-order valence-electron chi connectivity index (χ0n) is 17.9. The molecular weight excluding hydrogens is 418 g/mol. The lowest BCUT2D eigenvalue weighted by molar-refractivity contribution is 0.204. The number of nitrogens with zero attached hydrogens (tertiary/aromatic N) is 5. The van der Waals surface area contributed by atoms with E-state index >= 15 is 0 Å². The van der Waals surface area contributed by atoms with Crippen molar-refractivity contribution in [1.82, 2.24) is 24.9 Å². The minimum absolute atomic E-state index is 0.230. The van der Waals surface area contributed by atoms with E-state index in [0.717, 1.165) is 43.7 Å². The molecule has 10 nitrogen and oxygen atoms in total. The summed E-state index contributed by atoms with van der Waals surface area (Å²) in [6, 6.07) is 8.68. The van der Waals surface area contributed by atoms with Crippen LogP contribution in [0.25, 0.3) is 0 Å². The number of methoxy groups -OCH3 is 1. The largest absolute Gasteiger partial charge is 0.383 e. The zero-order valence-corrected chi connectivity index (χ0v) is 18.7. The highest BCUT2D eigenvalue weighted by Crippen LogP contribution is 2.13. The Morgan fingerprint density at radius 1 is 1.16 bits per heavy atom. The van der Waals surface area contributed by atoms with Crippen molar-refractivity contribution in [3.05, 3.63) is 48.3 Å². The quantitative estimate of drug-likeness (QED) is 0.338. The van der Waals surface area contributed by atoms with Crippen molar-refractivity contribution in [1.29, 1.82) is 0 Å². The van der Waals surface area contributed by atoms with Crippen LogP contribution in [0.4, 0.5) is 5.95 Å². The third kappa shape index (κ3) is 6.36. The second kappa shape index (κ2) is 11.0. The molecule has 1 aromatic carbocycles. The van der Waals surface area contributed by atoms with Crippen molar-refractivity contribution in [3.8, 4) is 0 Å². The van der Waals surface area contributed by atoms with Gasteiger partial charge in [0, 0.05) is 65.8 Å². The highest BCUT2D eigenvalue weighted by molar-refractivity contribution is 7.89. The fraction of sp³-hybridized carbons (Fsp3) is 0.450. The second-order valence-corrected chi connectivity index (χ2v) is 8.73. The Morgan fingerprint density at radius 3 is 2.58 bits per heavy atom. The van der Waals surface area contributed by atoms with E-state index in [-0.39, 0.29) is 11.4 Å². The number of hydrogen-bond donors (Lipinski definition) is 2. The van der Waals surface area contributed by atoms with Crippen molar-refractivity contribution in [2.75, 3.05) is 58.4 Å². The second-order valence-electron chi connectivity index (χ2n) is 6.96. The summed E-state index contributed by atoms with van der Waals surface area (Å²) in [5.41, 5.74) is 0.854. The molecule has 0 spiro atoms. The first kappa shape index (κ1) is 22.9. The van der Waals surface area contributed by atoms with E-state index in [1.807, 2.05) is 6.07 Å². The number of aliphatic imine (C=N–C) groups is 1. The average molecular weight is 448 g/mol. The third-order valence-corrected chi connectivity index (χ3v) is 6.34. The highest BCUT2D eigenvalue weighted by atomic mass is 32.2. The molecule has 0 saturated carbocycles. The standard InChI is InChI=1S/C20H29N7O3S/c1-21-19(26-10-12-27(13-11-26)20-22-7-4-8-23-20)24-16-17-5-3-6-18(15-17)31(28,29)25-9-14-30-2/h3-8,15,25H,9-14,16H2,1-2H3,(H,21,24). The normalized spacial score (nSPS) is 15.2. The third-order valence-electron chi connectivity index (χ3n) is 4.88. The molecule has 168 valence electrons. The van der Waals surface area contributed by atoms with Gasteiger partial charge in [-0.15, -0.1) is 0 Å². The van der Waals surface area contributed by atoms with Crippen LogP contribution < -0.4 is 14.9 Å². The average Bonchev–Trinajstić information content (AvgIpc) is 2.81. The topological polar surface area (TPSA) is 112 Å². The van der Waals surface area contributed by atoms with Crippen molar-refractivity contribution in [3.63, 3.8) is 0 Å². The molecule has 0 amide bonds. The summed E-state index contributed by atoms with van der Waals surface area (Å²) in [6.07, 6.45) is 3.49. The van der Waals surface area contributed by atoms with Crippen molar-refractivity contribution in [2.45, 2.75) is 11.4 Å². The van der Waals surface area contributed by atoms with Gasteiger partial charge < -0.3 is 19.9 Å². The first-order valence-electron chi connectivity index (χ1n) is 10.1. The van der Waals surface area contributed by atoms with Crippen LogP contribution in [0.5, 0.6) is 0 Å². The van der Waals surface area contributed by atoms with E-state index in [1.165, 1.54) is 7.11 Å². The number of guanidine groups is 1. The first-order valence-corrected chi connectivity index (χ1v) is 11.6. The summed E-state index contributed by atoms with van der Waals surface area (Å²) in [6.45, 7) is 4.19. The summed E-state index contributed by atoms with van der Waals surface area (Å²) in [7, 11) is -0.292. The van der Waals surface area contributed by atoms with E-state index in [2.05, 4.69) is 34.8 Å². The van der Waals surface area contributed by atoms with Crippen LogP contribution >= 0.6 is 0 Å². The van der Waals surface area contributed by atoms with Gasteiger partial charge in [-0.05, 0) is 23.8 Å². The molecule has 3 rings (SSSR count). The van der Waals surface area contributed by atoms with Gasteiger partial charge in [0.1, 0.15) is 0 Å². The van der Waals surface area contributed by atoms with E-state index in [9.17, 15) is 8.42 Å². The van der Waals surface area contributed by atoms with E-state index in [0.29, 0.717) is 13.2 Å². The smallest absolute Gasteiger partial charge is 0.240 e. The van der Waals surface area contributed by atoms with Gasteiger partial charge in [0.25, 0.3) is 0 Å². The lowest BCUT2D eigenvalue weighted by Gasteiger charge is -2.36. The molecule has 31 heavy (non-hydrogen) atoms. The lowest BCUT2D eigenvalue weighted by atomic mass is 10.2. The summed E-state index contributed by atoms with van der Waals surface area (Å²) >= 11 is 0. The number of nitrogens with one attached hydrogen (secondary N) is 2. The monoisotopic (exact) mass is 447 g/mol. The number of ether oxygens (including phenoxy) is 1. The van der Waals surface area contributed by atoms with Crippen LogP contribution in [0.15, 0.2) is 52.6 Å².